The van der Waals surface area contributed by atoms with Gasteiger partial charge in [0.05, 0.1) is 0 Å². The third kappa shape index (κ3) is 5.35. The number of ether oxygens (including phenoxy) is 1. The summed E-state index contributed by atoms with van der Waals surface area (Å²) in [4.78, 5) is 25.2. The van der Waals surface area contributed by atoms with Crippen molar-refractivity contribution < 1.29 is 14.3 Å². The summed E-state index contributed by atoms with van der Waals surface area (Å²) in [5, 5.41) is 5.91. The number of nitrogens with one attached hydrogen (secondary N) is 2. The van der Waals surface area contributed by atoms with Crippen LogP contribution < -0.4 is 15.4 Å². The van der Waals surface area contributed by atoms with Crippen LogP contribution in [-0.2, 0) is 4.79 Å². The normalized spacial score (nSPS) is 11.6. The number of rotatable bonds is 6. The average Bonchev–Trinajstić information content (AvgIpc) is 2.74. The Balaban J connectivity index is 1.63. The first-order valence-corrected chi connectivity index (χ1v) is 10.7. The molecule has 3 aromatic carbocycles. The van der Waals surface area contributed by atoms with Crippen LogP contribution in [0.2, 0.25) is 0 Å². The van der Waals surface area contributed by atoms with Crippen molar-refractivity contribution in [2.45, 2.75) is 47.6 Å². The zero-order chi connectivity index (χ0) is 23.4. The Hall–Kier alpha value is -3.60. The van der Waals surface area contributed by atoms with Gasteiger partial charge in [-0.2, -0.15) is 0 Å². The van der Waals surface area contributed by atoms with Gasteiger partial charge in [-0.15, -0.1) is 0 Å². The molecule has 0 aliphatic rings. The Morgan fingerprint density at radius 2 is 1.44 bits per heavy atom. The number of carbonyl (C=O) groups is 2. The van der Waals surface area contributed by atoms with Crippen LogP contribution in [0, 0.1) is 34.6 Å². The van der Waals surface area contributed by atoms with Crippen LogP contribution >= 0.6 is 0 Å². The van der Waals surface area contributed by atoms with Gasteiger partial charge in [-0.1, -0.05) is 29.8 Å². The highest BCUT2D eigenvalue weighted by Gasteiger charge is 2.17. The second-order valence-electron chi connectivity index (χ2n) is 8.25. The van der Waals surface area contributed by atoms with Crippen LogP contribution in [0.25, 0.3) is 0 Å². The van der Waals surface area contributed by atoms with Gasteiger partial charge in [0.1, 0.15) is 5.75 Å². The lowest BCUT2D eigenvalue weighted by molar-refractivity contribution is -0.122. The topological polar surface area (TPSA) is 67.4 Å². The molecule has 0 heterocycles. The van der Waals surface area contributed by atoms with Gasteiger partial charge in [0.2, 0.25) is 0 Å². The number of hydrogen-bond donors (Lipinski definition) is 2. The minimum atomic E-state index is -0.690. The zero-order valence-corrected chi connectivity index (χ0v) is 19.5. The predicted molar refractivity (Wildman–Crippen MR) is 130 cm³/mol. The molecule has 3 aromatic rings. The molecule has 166 valence electrons. The molecule has 2 N–H and O–H groups in total. The fraction of sp³-hybridized carbons (Fsp3) is 0.259. The number of carbonyl (C=O) groups excluding carboxylic acids is 2. The number of anilines is 2. The van der Waals surface area contributed by atoms with E-state index in [-0.39, 0.29) is 11.8 Å². The molecular formula is C27H30N2O3. The molecule has 5 nitrogen and oxygen atoms in total. The van der Waals surface area contributed by atoms with E-state index in [0.717, 1.165) is 39.2 Å². The maximum atomic E-state index is 12.6. The van der Waals surface area contributed by atoms with E-state index in [9.17, 15) is 9.59 Å². The highest BCUT2D eigenvalue weighted by atomic mass is 16.5. The first-order chi connectivity index (χ1) is 15.2. The molecule has 0 fully saturated rings. The Morgan fingerprint density at radius 1 is 0.812 bits per heavy atom. The maximum Gasteiger partial charge on any atom is 0.265 e. The quantitative estimate of drug-likeness (QED) is 0.513. The van der Waals surface area contributed by atoms with Gasteiger partial charge in [-0.3, -0.25) is 9.59 Å². The number of hydrogen-bond acceptors (Lipinski definition) is 3. The van der Waals surface area contributed by atoms with Crippen LogP contribution in [0.15, 0.2) is 54.6 Å². The Bertz CT molecular complexity index is 1130. The molecule has 2 amide bonds. The van der Waals surface area contributed by atoms with Gasteiger partial charge in [0.25, 0.3) is 11.8 Å². The second kappa shape index (κ2) is 9.69. The molecule has 0 radical (unpaired) electrons. The van der Waals surface area contributed by atoms with Gasteiger partial charge in [-0.25, -0.2) is 0 Å². The first kappa shape index (κ1) is 23.1. The van der Waals surface area contributed by atoms with E-state index in [1.165, 1.54) is 0 Å². The highest BCUT2D eigenvalue weighted by molar-refractivity contribution is 6.04. The van der Waals surface area contributed by atoms with E-state index in [1.54, 1.807) is 31.2 Å². The van der Waals surface area contributed by atoms with Crippen molar-refractivity contribution in [1.29, 1.82) is 0 Å². The Morgan fingerprint density at radius 3 is 2.06 bits per heavy atom. The van der Waals surface area contributed by atoms with Crippen LogP contribution in [0.3, 0.4) is 0 Å². The highest BCUT2D eigenvalue weighted by Crippen LogP contribution is 2.23. The summed E-state index contributed by atoms with van der Waals surface area (Å²) < 4.78 is 5.80. The van der Waals surface area contributed by atoms with E-state index in [4.69, 9.17) is 4.74 Å². The molecule has 3 rings (SSSR count). The number of benzene rings is 3. The third-order valence-electron chi connectivity index (χ3n) is 5.58. The van der Waals surface area contributed by atoms with Crippen molar-refractivity contribution in [3.63, 3.8) is 0 Å². The van der Waals surface area contributed by atoms with Crippen LogP contribution in [0.5, 0.6) is 5.75 Å². The largest absolute Gasteiger partial charge is 0.481 e. The smallest absolute Gasteiger partial charge is 0.265 e. The van der Waals surface area contributed by atoms with E-state index in [1.807, 2.05) is 65.0 Å². The molecule has 0 aliphatic carbocycles. The van der Waals surface area contributed by atoms with Crippen LogP contribution in [0.1, 0.15) is 45.1 Å². The zero-order valence-electron chi connectivity index (χ0n) is 19.5. The van der Waals surface area contributed by atoms with Crippen molar-refractivity contribution in [1.82, 2.24) is 0 Å². The van der Waals surface area contributed by atoms with E-state index < -0.39 is 6.10 Å². The summed E-state index contributed by atoms with van der Waals surface area (Å²) >= 11 is 0. The number of amides is 2. The summed E-state index contributed by atoms with van der Waals surface area (Å²) in [6.45, 7) is 11.7. The lowest BCUT2D eigenvalue weighted by Gasteiger charge is -2.18. The van der Waals surface area contributed by atoms with Crippen molar-refractivity contribution in [3.8, 4) is 5.75 Å². The molecule has 0 aromatic heterocycles. The molecular weight excluding hydrogens is 400 g/mol. The van der Waals surface area contributed by atoms with Gasteiger partial charge in [-0.05, 0) is 94.1 Å². The fourth-order valence-electron chi connectivity index (χ4n) is 3.63. The molecule has 32 heavy (non-hydrogen) atoms. The van der Waals surface area contributed by atoms with E-state index in [2.05, 4.69) is 10.6 Å². The van der Waals surface area contributed by atoms with Crippen molar-refractivity contribution in [2.24, 2.45) is 0 Å². The SMILES string of the molecule is Cc1cc(C)c(NC(=O)C(C)Oc2ccc(C(=O)Nc3cccc(C)c3C)cc2)c(C)c1. The summed E-state index contributed by atoms with van der Waals surface area (Å²) in [6, 6.07) is 16.7. The first-order valence-electron chi connectivity index (χ1n) is 10.7. The second-order valence-corrected chi connectivity index (χ2v) is 8.25. The Labute approximate surface area is 189 Å². The minimum Gasteiger partial charge on any atom is -0.481 e. The monoisotopic (exact) mass is 430 g/mol. The van der Waals surface area contributed by atoms with Crippen molar-refractivity contribution in [2.75, 3.05) is 10.6 Å². The van der Waals surface area contributed by atoms with Crippen molar-refractivity contribution >= 4 is 23.2 Å². The standard InChI is InChI=1S/C27H30N2O3/c1-16-14-18(3)25(19(4)15-16)29-26(30)21(6)32-23-12-10-22(11-13-23)27(31)28-24-9-7-8-17(2)20(24)5/h7-15,21H,1-6H3,(H,28,31)(H,29,30). The Kier molecular flexibility index (Phi) is 6.98. The number of aryl methyl sites for hydroxylation is 4. The molecule has 0 spiro atoms. The van der Waals surface area contributed by atoms with Crippen molar-refractivity contribution in [3.05, 3.63) is 88.0 Å². The summed E-state index contributed by atoms with van der Waals surface area (Å²) in [7, 11) is 0. The maximum absolute atomic E-state index is 12.6. The van der Waals surface area contributed by atoms with Gasteiger partial charge in [0.15, 0.2) is 6.10 Å². The molecule has 0 aliphatic heterocycles. The van der Waals surface area contributed by atoms with Gasteiger partial charge >= 0.3 is 0 Å². The summed E-state index contributed by atoms with van der Waals surface area (Å²) in [6.07, 6.45) is -0.690. The molecule has 0 saturated heterocycles. The predicted octanol–water partition coefficient (Wildman–Crippen LogP) is 5.89. The molecule has 5 heteroatoms. The molecule has 1 atom stereocenters. The summed E-state index contributed by atoms with van der Waals surface area (Å²) in [5.41, 5.74) is 7.47. The van der Waals surface area contributed by atoms with E-state index >= 15 is 0 Å². The van der Waals surface area contributed by atoms with Crippen LogP contribution in [0.4, 0.5) is 11.4 Å². The molecule has 0 bridgehead atoms. The minimum absolute atomic E-state index is 0.193. The van der Waals surface area contributed by atoms with E-state index in [0.29, 0.717) is 11.3 Å². The summed E-state index contributed by atoms with van der Waals surface area (Å²) in [5.74, 6) is 0.103. The average molecular weight is 431 g/mol. The van der Waals surface area contributed by atoms with Crippen LogP contribution in [-0.4, -0.2) is 17.9 Å². The third-order valence-corrected chi connectivity index (χ3v) is 5.58. The molecule has 0 saturated carbocycles. The lowest BCUT2D eigenvalue weighted by atomic mass is 10.0. The van der Waals surface area contributed by atoms with Gasteiger partial charge in [0, 0.05) is 16.9 Å². The lowest BCUT2D eigenvalue weighted by Crippen LogP contribution is -2.30. The van der Waals surface area contributed by atoms with Gasteiger partial charge < -0.3 is 15.4 Å². The fourth-order valence-corrected chi connectivity index (χ4v) is 3.63. The molecule has 1 unspecified atom stereocenters.